The third-order valence-corrected chi connectivity index (χ3v) is 12.5. The SMILES string of the molecule is CC(C)(C)[Si](C)(C)O[C@@H](/C=C/c1ccccc1)CC(=O)N1C(=S)SC[C@@H]1Cc1ccccc1. The maximum atomic E-state index is 13.5. The van der Waals surface area contributed by atoms with Crippen LogP contribution < -0.4 is 0 Å². The summed E-state index contributed by atoms with van der Waals surface area (Å²) in [6, 6.07) is 20.6. The first-order valence-corrected chi connectivity index (χ1v) is 15.8. The number of hydrogen-bond acceptors (Lipinski definition) is 4. The van der Waals surface area contributed by atoms with Crippen LogP contribution in [0, 0.1) is 0 Å². The molecule has 1 aliphatic rings. The zero-order valence-electron chi connectivity index (χ0n) is 20.3. The predicted molar refractivity (Wildman–Crippen MR) is 148 cm³/mol. The summed E-state index contributed by atoms with van der Waals surface area (Å²) in [5.74, 6) is 0.889. The van der Waals surface area contributed by atoms with Crippen molar-refractivity contribution >= 4 is 48.6 Å². The van der Waals surface area contributed by atoms with Crippen LogP contribution in [-0.2, 0) is 15.6 Å². The zero-order chi connectivity index (χ0) is 24.1. The second-order valence-electron chi connectivity index (χ2n) is 10.1. The number of rotatable bonds is 8. The Kier molecular flexibility index (Phi) is 8.73. The molecule has 1 fully saturated rings. The lowest BCUT2D eigenvalue weighted by Gasteiger charge is -2.39. The van der Waals surface area contributed by atoms with Crippen molar-refractivity contribution in [3.05, 3.63) is 77.9 Å². The van der Waals surface area contributed by atoms with Gasteiger partial charge in [0.05, 0.1) is 18.6 Å². The number of benzene rings is 2. The van der Waals surface area contributed by atoms with Crippen molar-refractivity contribution in [3.8, 4) is 0 Å². The molecule has 2 aromatic rings. The minimum Gasteiger partial charge on any atom is -0.410 e. The van der Waals surface area contributed by atoms with E-state index in [-0.39, 0.29) is 23.1 Å². The van der Waals surface area contributed by atoms with Crippen molar-refractivity contribution in [1.29, 1.82) is 0 Å². The van der Waals surface area contributed by atoms with E-state index in [4.69, 9.17) is 16.6 Å². The third-order valence-electron chi connectivity index (χ3n) is 6.47. The molecule has 0 bridgehead atoms. The summed E-state index contributed by atoms with van der Waals surface area (Å²) >= 11 is 7.19. The first kappa shape index (κ1) is 25.9. The summed E-state index contributed by atoms with van der Waals surface area (Å²) in [6.45, 7) is 11.1. The van der Waals surface area contributed by atoms with E-state index in [1.165, 1.54) is 5.56 Å². The van der Waals surface area contributed by atoms with Gasteiger partial charge in [0.25, 0.3) is 0 Å². The smallest absolute Gasteiger partial charge is 0.231 e. The highest BCUT2D eigenvalue weighted by Crippen LogP contribution is 2.38. The molecule has 6 heteroatoms. The molecule has 2 aromatic carbocycles. The van der Waals surface area contributed by atoms with Crippen LogP contribution in [0.5, 0.6) is 0 Å². The quantitative estimate of drug-likeness (QED) is 0.291. The molecule has 1 saturated heterocycles. The topological polar surface area (TPSA) is 29.5 Å². The number of nitrogens with zero attached hydrogens (tertiary/aromatic N) is 1. The van der Waals surface area contributed by atoms with Gasteiger partial charge < -0.3 is 4.43 Å². The monoisotopic (exact) mass is 497 g/mol. The third kappa shape index (κ3) is 7.12. The summed E-state index contributed by atoms with van der Waals surface area (Å²) in [6.07, 6.45) is 4.93. The van der Waals surface area contributed by atoms with Gasteiger partial charge in [-0.3, -0.25) is 9.69 Å². The van der Waals surface area contributed by atoms with Gasteiger partial charge in [0.2, 0.25) is 5.91 Å². The molecular weight excluding hydrogens is 463 g/mol. The number of thiocarbonyl (C=S) groups is 1. The molecule has 3 nitrogen and oxygen atoms in total. The summed E-state index contributed by atoms with van der Waals surface area (Å²) in [5.41, 5.74) is 2.33. The molecule has 1 aliphatic heterocycles. The molecule has 1 amide bonds. The molecule has 0 unspecified atom stereocenters. The number of carbonyl (C=O) groups excluding carboxylic acids is 1. The Morgan fingerprint density at radius 2 is 1.76 bits per heavy atom. The molecule has 0 spiro atoms. The van der Waals surface area contributed by atoms with Crippen molar-refractivity contribution in [1.82, 2.24) is 4.90 Å². The van der Waals surface area contributed by atoms with Crippen LogP contribution in [0.2, 0.25) is 18.1 Å². The molecule has 0 radical (unpaired) electrons. The van der Waals surface area contributed by atoms with Gasteiger partial charge >= 0.3 is 0 Å². The average Bonchev–Trinajstić information content (AvgIpc) is 3.12. The maximum absolute atomic E-state index is 13.5. The van der Waals surface area contributed by atoms with Crippen molar-refractivity contribution < 1.29 is 9.22 Å². The molecule has 3 rings (SSSR count). The van der Waals surface area contributed by atoms with E-state index in [2.05, 4.69) is 64.2 Å². The molecular formula is C27H35NO2S2Si. The zero-order valence-corrected chi connectivity index (χ0v) is 22.9. The molecule has 2 atom stereocenters. The summed E-state index contributed by atoms with van der Waals surface area (Å²) < 4.78 is 7.38. The molecule has 0 aromatic heterocycles. The van der Waals surface area contributed by atoms with Crippen LogP contribution in [0.15, 0.2) is 66.7 Å². The number of thioether (sulfide) groups is 1. The predicted octanol–water partition coefficient (Wildman–Crippen LogP) is 6.95. The minimum absolute atomic E-state index is 0.0485. The number of carbonyl (C=O) groups is 1. The Labute approximate surface area is 209 Å². The lowest BCUT2D eigenvalue weighted by atomic mass is 10.1. The van der Waals surface area contributed by atoms with E-state index in [1.807, 2.05) is 47.4 Å². The Balaban J connectivity index is 1.78. The molecule has 176 valence electrons. The van der Waals surface area contributed by atoms with Crippen LogP contribution in [0.3, 0.4) is 0 Å². The Hall–Kier alpha value is -1.73. The van der Waals surface area contributed by atoms with E-state index in [1.54, 1.807) is 11.8 Å². The molecule has 1 heterocycles. The minimum atomic E-state index is -2.07. The van der Waals surface area contributed by atoms with Gasteiger partial charge in [-0.15, -0.1) is 0 Å². The fourth-order valence-electron chi connectivity index (χ4n) is 3.56. The number of amides is 1. The Morgan fingerprint density at radius 3 is 2.36 bits per heavy atom. The van der Waals surface area contributed by atoms with Gasteiger partial charge in [-0.1, -0.05) is 118 Å². The number of hydrogen-bond donors (Lipinski definition) is 0. The first-order chi connectivity index (χ1) is 15.6. The molecule has 0 N–H and O–H groups in total. The normalized spacial score (nSPS) is 18.2. The lowest BCUT2D eigenvalue weighted by Crippen LogP contribution is -2.46. The van der Waals surface area contributed by atoms with Crippen LogP contribution in [0.25, 0.3) is 6.08 Å². The second-order valence-corrected chi connectivity index (χ2v) is 16.5. The van der Waals surface area contributed by atoms with Crippen molar-refractivity contribution in [3.63, 3.8) is 0 Å². The fourth-order valence-corrected chi connectivity index (χ4v) is 6.28. The van der Waals surface area contributed by atoms with Crippen molar-refractivity contribution in [2.45, 2.75) is 63.9 Å². The highest BCUT2D eigenvalue weighted by atomic mass is 32.2. The van der Waals surface area contributed by atoms with Crippen LogP contribution in [-0.4, -0.2) is 41.3 Å². The van der Waals surface area contributed by atoms with E-state index < -0.39 is 8.32 Å². The van der Waals surface area contributed by atoms with Gasteiger partial charge in [-0.25, -0.2) is 0 Å². The largest absolute Gasteiger partial charge is 0.410 e. The van der Waals surface area contributed by atoms with E-state index in [0.717, 1.165) is 17.7 Å². The molecule has 0 aliphatic carbocycles. The van der Waals surface area contributed by atoms with Gasteiger partial charge in [0, 0.05) is 5.75 Å². The van der Waals surface area contributed by atoms with Gasteiger partial charge in [0.15, 0.2) is 8.32 Å². The molecule has 0 saturated carbocycles. The first-order valence-electron chi connectivity index (χ1n) is 11.5. The molecule has 33 heavy (non-hydrogen) atoms. The van der Waals surface area contributed by atoms with Crippen LogP contribution in [0.1, 0.15) is 38.3 Å². The summed E-state index contributed by atoms with van der Waals surface area (Å²) in [5, 5.41) is 0.0591. The van der Waals surface area contributed by atoms with Crippen molar-refractivity contribution in [2.75, 3.05) is 5.75 Å². The van der Waals surface area contributed by atoms with Gasteiger partial charge in [0.1, 0.15) is 4.32 Å². The Bertz CT molecular complexity index is 971. The van der Waals surface area contributed by atoms with E-state index in [0.29, 0.717) is 10.7 Å². The lowest BCUT2D eigenvalue weighted by molar-refractivity contribution is -0.129. The van der Waals surface area contributed by atoms with Gasteiger partial charge in [-0.2, -0.15) is 0 Å². The highest BCUT2D eigenvalue weighted by Gasteiger charge is 2.40. The van der Waals surface area contributed by atoms with E-state index in [9.17, 15) is 4.79 Å². The second kappa shape index (κ2) is 11.1. The Morgan fingerprint density at radius 1 is 1.15 bits per heavy atom. The standard InChI is InChI=1S/C27H35NO2S2Si/c1-27(2,3)33(4,5)30-24(17-16-21-12-8-6-9-13-21)19-25(29)28-23(20-32-26(28)31)18-22-14-10-7-11-15-22/h6-17,23-24H,18-20H2,1-5H3/b17-16+/t23-,24-/m0/s1. The van der Waals surface area contributed by atoms with Gasteiger partial charge in [-0.05, 0) is 35.7 Å². The highest BCUT2D eigenvalue weighted by molar-refractivity contribution is 8.23. The van der Waals surface area contributed by atoms with Crippen LogP contribution >= 0.6 is 24.0 Å². The average molecular weight is 498 g/mol. The van der Waals surface area contributed by atoms with Crippen molar-refractivity contribution in [2.24, 2.45) is 0 Å². The fraction of sp³-hybridized carbons (Fsp3) is 0.407. The summed E-state index contributed by atoms with van der Waals surface area (Å²) in [4.78, 5) is 15.4. The van der Waals surface area contributed by atoms with Crippen LogP contribution in [0.4, 0.5) is 0 Å². The van der Waals surface area contributed by atoms with E-state index >= 15 is 0 Å². The maximum Gasteiger partial charge on any atom is 0.231 e. The summed E-state index contributed by atoms with van der Waals surface area (Å²) in [7, 11) is -2.07.